The van der Waals surface area contributed by atoms with Crippen LogP contribution in [0.3, 0.4) is 0 Å². The number of hydrogen-bond donors (Lipinski definition) is 1. The Hall–Kier alpha value is -1.84. The molecule has 0 aliphatic rings. The van der Waals surface area contributed by atoms with Gasteiger partial charge in [-0.2, -0.15) is 0 Å². The molecule has 1 N–H and O–H groups in total. The van der Waals surface area contributed by atoms with Crippen molar-refractivity contribution in [2.45, 2.75) is 12.8 Å². The Morgan fingerprint density at radius 1 is 1.19 bits per heavy atom. The van der Waals surface area contributed by atoms with Crippen molar-refractivity contribution in [2.75, 3.05) is 14.1 Å². The zero-order valence-electron chi connectivity index (χ0n) is 9.43. The number of carboxylic acid groups (broad SMARTS) is 1. The molecule has 1 aromatic rings. The Morgan fingerprint density at radius 2 is 1.75 bits per heavy atom. The molecule has 4 heteroatoms. The molecule has 1 amide bonds. The molecule has 0 aliphatic carbocycles. The van der Waals surface area contributed by atoms with Crippen LogP contribution in [0.5, 0.6) is 0 Å². The van der Waals surface area contributed by atoms with E-state index in [9.17, 15) is 9.59 Å². The van der Waals surface area contributed by atoms with Crippen LogP contribution in [-0.4, -0.2) is 36.0 Å². The van der Waals surface area contributed by atoms with Crippen molar-refractivity contribution < 1.29 is 14.7 Å². The molecule has 16 heavy (non-hydrogen) atoms. The highest BCUT2D eigenvalue weighted by Crippen LogP contribution is 2.08. The van der Waals surface area contributed by atoms with Crippen molar-refractivity contribution in [1.29, 1.82) is 0 Å². The number of hydrogen-bond acceptors (Lipinski definition) is 2. The lowest BCUT2D eigenvalue weighted by Gasteiger charge is -2.10. The van der Waals surface area contributed by atoms with E-state index in [1.807, 2.05) is 0 Å². The highest BCUT2D eigenvalue weighted by atomic mass is 16.4. The fourth-order valence-electron chi connectivity index (χ4n) is 1.32. The van der Waals surface area contributed by atoms with Crippen LogP contribution in [0, 0.1) is 0 Å². The highest BCUT2D eigenvalue weighted by Gasteiger charge is 2.07. The third-order valence-corrected chi connectivity index (χ3v) is 2.23. The second-order valence-electron chi connectivity index (χ2n) is 3.79. The standard InChI is InChI=1S/C12H15NO3/c1-13(2)12(16)10-6-3-9(4-7-10)5-8-11(14)15/h3-4,6-7H,5,8H2,1-2H3,(H,14,15). The topological polar surface area (TPSA) is 57.6 Å². The van der Waals surface area contributed by atoms with Crippen molar-refractivity contribution >= 4 is 11.9 Å². The number of carbonyl (C=O) groups excluding carboxylic acids is 1. The number of carbonyl (C=O) groups is 2. The lowest BCUT2D eigenvalue weighted by molar-refractivity contribution is -0.136. The smallest absolute Gasteiger partial charge is 0.303 e. The molecule has 86 valence electrons. The minimum absolute atomic E-state index is 0.0511. The summed E-state index contributed by atoms with van der Waals surface area (Å²) in [6, 6.07) is 7.03. The van der Waals surface area contributed by atoms with Gasteiger partial charge < -0.3 is 10.0 Å². The van der Waals surface area contributed by atoms with E-state index < -0.39 is 5.97 Å². The predicted octanol–water partition coefficient (Wildman–Crippen LogP) is 1.41. The van der Waals surface area contributed by atoms with Crippen LogP contribution in [0.15, 0.2) is 24.3 Å². The van der Waals surface area contributed by atoms with Crippen LogP contribution in [0.2, 0.25) is 0 Å². The van der Waals surface area contributed by atoms with Crippen molar-refractivity contribution in [3.63, 3.8) is 0 Å². The molecule has 0 aromatic heterocycles. The normalized spacial score (nSPS) is 9.88. The third-order valence-electron chi connectivity index (χ3n) is 2.23. The van der Waals surface area contributed by atoms with Gasteiger partial charge in [0.2, 0.25) is 0 Å². The molecule has 4 nitrogen and oxygen atoms in total. The predicted molar refractivity (Wildman–Crippen MR) is 60.4 cm³/mol. The summed E-state index contributed by atoms with van der Waals surface area (Å²) in [6.45, 7) is 0. The van der Waals surface area contributed by atoms with Gasteiger partial charge in [0, 0.05) is 26.1 Å². The first-order chi connectivity index (χ1) is 7.50. The lowest BCUT2D eigenvalue weighted by Crippen LogP contribution is -2.21. The number of benzene rings is 1. The Kier molecular flexibility index (Phi) is 4.05. The first-order valence-corrected chi connectivity index (χ1v) is 5.03. The SMILES string of the molecule is CN(C)C(=O)c1ccc(CCC(=O)O)cc1. The van der Waals surface area contributed by atoms with Gasteiger partial charge in [0.25, 0.3) is 5.91 Å². The quantitative estimate of drug-likeness (QED) is 0.836. The van der Waals surface area contributed by atoms with Gasteiger partial charge in [-0.15, -0.1) is 0 Å². The Morgan fingerprint density at radius 3 is 2.19 bits per heavy atom. The fourth-order valence-corrected chi connectivity index (χ4v) is 1.32. The fraction of sp³-hybridized carbons (Fsp3) is 0.333. The lowest BCUT2D eigenvalue weighted by atomic mass is 10.1. The zero-order valence-corrected chi connectivity index (χ0v) is 9.43. The Bertz CT molecular complexity index is 382. The summed E-state index contributed by atoms with van der Waals surface area (Å²) in [5.41, 5.74) is 1.54. The zero-order chi connectivity index (χ0) is 12.1. The second kappa shape index (κ2) is 5.30. The van der Waals surface area contributed by atoms with E-state index in [1.165, 1.54) is 4.90 Å². The minimum Gasteiger partial charge on any atom is -0.481 e. The van der Waals surface area contributed by atoms with Crippen LogP contribution >= 0.6 is 0 Å². The van der Waals surface area contributed by atoms with Crippen LogP contribution in [0.1, 0.15) is 22.3 Å². The monoisotopic (exact) mass is 221 g/mol. The number of rotatable bonds is 4. The first-order valence-electron chi connectivity index (χ1n) is 5.03. The third kappa shape index (κ3) is 3.38. The van der Waals surface area contributed by atoms with E-state index in [4.69, 9.17) is 5.11 Å². The average molecular weight is 221 g/mol. The molecule has 0 radical (unpaired) electrons. The molecular weight excluding hydrogens is 206 g/mol. The van der Waals surface area contributed by atoms with E-state index in [-0.39, 0.29) is 12.3 Å². The number of nitrogens with zero attached hydrogens (tertiary/aromatic N) is 1. The van der Waals surface area contributed by atoms with Gasteiger partial charge in [-0.3, -0.25) is 9.59 Å². The largest absolute Gasteiger partial charge is 0.481 e. The molecule has 0 saturated heterocycles. The molecule has 0 atom stereocenters. The summed E-state index contributed by atoms with van der Waals surface area (Å²) >= 11 is 0. The summed E-state index contributed by atoms with van der Waals surface area (Å²) in [6.07, 6.45) is 0.604. The van der Waals surface area contributed by atoms with Crippen molar-refractivity contribution in [2.24, 2.45) is 0 Å². The number of aryl methyl sites for hydroxylation is 1. The van der Waals surface area contributed by atoms with Crippen LogP contribution in [0.4, 0.5) is 0 Å². The van der Waals surface area contributed by atoms with Gasteiger partial charge in [-0.25, -0.2) is 0 Å². The van der Waals surface area contributed by atoms with Crippen molar-refractivity contribution in [3.05, 3.63) is 35.4 Å². The molecule has 0 saturated carbocycles. The van der Waals surface area contributed by atoms with E-state index in [0.717, 1.165) is 5.56 Å². The summed E-state index contributed by atoms with van der Waals surface area (Å²) < 4.78 is 0. The summed E-state index contributed by atoms with van der Waals surface area (Å²) in [4.78, 5) is 23.4. The maximum Gasteiger partial charge on any atom is 0.303 e. The van der Waals surface area contributed by atoms with Crippen molar-refractivity contribution in [3.8, 4) is 0 Å². The maximum atomic E-state index is 11.6. The van der Waals surface area contributed by atoms with Crippen LogP contribution < -0.4 is 0 Å². The van der Waals surface area contributed by atoms with Gasteiger partial charge in [0.1, 0.15) is 0 Å². The van der Waals surface area contributed by atoms with Crippen molar-refractivity contribution in [1.82, 2.24) is 4.90 Å². The summed E-state index contributed by atoms with van der Waals surface area (Å²) in [5, 5.41) is 8.53. The number of aliphatic carboxylic acids is 1. The summed E-state index contributed by atoms with van der Waals surface area (Å²) in [7, 11) is 3.39. The molecule has 1 aromatic carbocycles. The van der Waals surface area contributed by atoms with E-state index in [0.29, 0.717) is 12.0 Å². The molecule has 0 unspecified atom stereocenters. The van der Waals surface area contributed by atoms with E-state index in [2.05, 4.69) is 0 Å². The van der Waals surface area contributed by atoms with Gasteiger partial charge in [-0.1, -0.05) is 12.1 Å². The molecule has 0 heterocycles. The maximum absolute atomic E-state index is 11.6. The van der Waals surface area contributed by atoms with Gasteiger partial charge >= 0.3 is 5.97 Å². The average Bonchev–Trinajstić information content (AvgIpc) is 2.26. The Labute approximate surface area is 94.5 Å². The van der Waals surface area contributed by atoms with E-state index >= 15 is 0 Å². The highest BCUT2D eigenvalue weighted by molar-refractivity contribution is 5.93. The van der Waals surface area contributed by atoms with Gasteiger partial charge in [0.15, 0.2) is 0 Å². The van der Waals surface area contributed by atoms with Gasteiger partial charge in [-0.05, 0) is 24.1 Å². The Balaban J connectivity index is 2.68. The molecule has 1 rings (SSSR count). The first kappa shape index (κ1) is 12.2. The van der Waals surface area contributed by atoms with Gasteiger partial charge in [0.05, 0.1) is 0 Å². The molecule has 0 aliphatic heterocycles. The number of carboxylic acids is 1. The van der Waals surface area contributed by atoms with Crippen LogP contribution in [-0.2, 0) is 11.2 Å². The molecule has 0 spiro atoms. The minimum atomic E-state index is -0.812. The number of amides is 1. The van der Waals surface area contributed by atoms with Crippen LogP contribution in [0.25, 0.3) is 0 Å². The second-order valence-corrected chi connectivity index (χ2v) is 3.79. The van der Waals surface area contributed by atoms with E-state index in [1.54, 1.807) is 38.4 Å². The molecule has 0 bridgehead atoms. The summed E-state index contributed by atoms with van der Waals surface area (Å²) in [5.74, 6) is -0.863. The molecular formula is C12H15NO3. The molecule has 0 fully saturated rings.